The number of hydrogen-bond acceptors (Lipinski definition) is 7. The molecule has 0 atom stereocenters. The monoisotopic (exact) mass is 390 g/mol. The van der Waals surface area contributed by atoms with Gasteiger partial charge in [-0.15, -0.1) is 5.10 Å². The van der Waals surface area contributed by atoms with Crippen molar-refractivity contribution in [1.29, 1.82) is 0 Å². The Labute approximate surface area is 156 Å². The number of anilines is 1. The van der Waals surface area contributed by atoms with Crippen LogP contribution in [0.15, 0.2) is 47.8 Å². The molecular formula is C15H11ClN6O3S. The smallest absolute Gasteiger partial charge is 0.335 e. The molecule has 26 heavy (non-hydrogen) atoms. The number of carboxylic acids is 1. The first-order valence-corrected chi connectivity index (χ1v) is 8.56. The van der Waals surface area contributed by atoms with E-state index in [1.165, 1.54) is 23.0 Å². The van der Waals surface area contributed by atoms with Crippen LogP contribution in [-0.2, 0) is 4.79 Å². The molecular weight excluding hydrogens is 380 g/mol. The summed E-state index contributed by atoms with van der Waals surface area (Å²) in [6.07, 6.45) is 1.52. The van der Waals surface area contributed by atoms with Crippen molar-refractivity contribution in [3.8, 4) is 5.69 Å². The fraction of sp³-hybridized carbons (Fsp3) is 0.0667. The molecule has 0 aliphatic carbocycles. The summed E-state index contributed by atoms with van der Waals surface area (Å²) in [6, 6.07) is 9.37. The fourth-order valence-electron chi connectivity index (χ4n) is 1.97. The lowest BCUT2D eigenvalue weighted by molar-refractivity contribution is -0.113. The molecule has 132 valence electrons. The van der Waals surface area contributed by atoms with E-state index in [1.807, 2.05) is 0 Å². The number of rotatable bonds is 6. The number of carbonyl (C=O) groups is 2. The van der Waals surface area contributed by atoms with Crippen LogP contribution in [0.1, 0.15) is 10.4 Å². The van der Waals surface area contributed by atoms with E-state index in [4.69, 9.17) is 16.7 Å². The van der Waals surface area contributed by atoms with Crippen LogP contribution in [0.4, 0.5) is 5.69 Å². The van der Waals surface area contributed by atoms with Crippen LogP contribution in [0, 0.1) is 0 Å². The third kappa shape index (κ3) is 4.16. The Balaban J connectivity index is 1.66. The number of benzene rings is 1. The lowest BCUT2D eigenvalue weighted by atomic mass is 10.2. The molecule has 0 spiro atoms. The number of tetrazole rings is 1. The zero-order chi connectivity index (χ0) is 18.5. The van der Waals surface area contributed by atoms with Crippen molar-refractivity contribution in [1.82, 2.24) is 25.2 Å². The number of halogens is 1. The number of aromatic carboxylic acids is 1. The zero-order valence-electron chi connectivity index (χ0n) is 13.0. The summed E-state index contributed by atoms with van der Waals surface area (Å²) in [6.45, 7) is 0. The second kappa shape index (κ2) is 7.93. The Kier molecular flexibility index (Phi) is 5.44. The van der Waals surface area contributed by atoms with Gasteiger partial charge in [-0.3, -0.25) is 4.79 Å². The largest absolute Gasteiger partial charge is 0.478 e. The van der Waals surface area contributed by atoms with Crippen LogP contribution in [0.2, 0.25) is 5.15 Å². The summed E-state index contributed by atoms with van der Waals surface area (Å²) in [5, 5.41) is 23.5. The standard InChI is InChI=1S/C15H11ClN6O3S/c16-13-11(2-1-7-17-13)18-12(23)8-26-15-19-20-21-22(15)10-5-3-9(4-6-10)14(24)25/h1-7H,8H2,(H,18,23)(H,24,25). The number of hydrogen-bond donors (Lipinski definition) is 2. The molecule has 9 nitrogen and oxygen atoms in total. The number of amides is 1. The third-order valence-electron chi connectivity index (χ3n) is 3.17. The van der Waals surface area contributed by atoms with Gasteiger partial charge in [0.05, 0.1) is 22.7 Å². The van der Waals surface area contributed by atoms with Crippen LogP contribution in [-0.4, -0.2) is 47.9 Å². The van der Waals surface area contributed by atoms with Gasteiger partial charge in [-0.25, -0.2) is 9.78 Å². The number of carbonyl (C=O) groups excluding carboxylic acids is 1. The minimum absolute atomic E-state index is 0.0544. The van der Waals surface area contributed by atoms with Crippen molar-refractivity contribution in [3.05, 3.63) is 53.3 Å². The van der Waals surface area contributed by atoms with Crippen LogP contribution < -0.4 is 5.32 Å². The second-order valence-corrected chi connectivity index (χ2v) is 6.20. The van der Waals surface area contributed by atoms with E-state index >= 15 is 0 Å². The number of thioether (sulfide) groups is 1. The van der Waals surface area contributed by atoms with Crippen LogP contribution >= 0.6 is 23.4 Å². The molecule has 0 saturated heterocycles. The summed E-state index contributed by atoms with van der Waals surface area (Å²) < 4.78 is 1.42. The molecule has 2 aromatic heterocycles. The van der Waals surface area contributed by atoms with E-state index in [0.29, 0.717) is 16.5 Å². The van der Waals surface area contributed by atoms with Gasteiger partial charge in [0.25, 0.3) is 0 Å². The van der Waals surface area contributed by atoms with Crippen LogP contribution in [0.5, 0.6) is 0 Å². The molecule has 0 fully saturated rings. The maximum absolute atomic E-state index is 12.1. The molecule has 3 aromatic rings. The van der Waals surface area contributed by atoms with Crippen LogP contribution in [0.3, 0.4) is 0 Å². The molecule has 0 radical (unpaired) electrons. The molecule has 2 heterocycles. The van der Waals surface area contributed by atoms with Crippen molar-refractivity contribution in [2.24, 2.45) is 0 Å². The summed E-state index contributed by atoms with van der Waals surface area (Å²) in [4.78, 5) is 26.9. The minimum atomic E-state index is -1.02. The molecule has 2 N–H and O–H groups in total. The third-order valence-corrected chi connectivity index (χ3v) is 4.39. The van der Waals surface area contributed by atoms with Crippen molar-refractivity contribution in [3.63, 3.8) is 0 Å². The Morgan fingerprint density at radius 3 is 2.69 bits per heavy atom. The van der Waals surface area contributed by atoms with E-state index in [-0.39, 0.29) is 22.4 Å². The Morgan fingerprint density at radius 1 is 1.23 bits per heavy atom. The maximum atomic E-state index is 12.1. The van der Waals surface area contributed by atoms with Gasteiger partial charge in [0.15, 0.2) is 5.15 Å². The topological polar surface area (TPSA) is 123 Å². The SMILES string of the molecule is O=C(CSc1nnnn1-c1ccc(C(=O)O)cc1)Nc1cccnc1Cl. The highest BCUT2D eigenvalue weighted by molar-refractivity contribution is 7.99. The zero-order valence-corrected chi connectivity index (χ0v) is 14.6. The van der Waals surface area contributed by atoms with Crippen molar-refractivity contribution >= 4 is 40.9 Å². The fourth-order valence-corrected chi connectivity index (χ4v) is 2.83. The Bertz CT molecular complexity index is 947. The van der Waals surface area contributed by atoms with Gasteiger partial charge < -0.3 is 10.4 Å². The molecule has 0 saturated carbocycles. The van der Waals surface area contributed by atoms with Gasteiger partial charge in [-0.1, -0.05) is 23.4 Å². The first-order chi connectivity index (χ1) is 12.5. The summed E-state index contributed by atoms with van der Waals surface area (Å²) in [7, 11) is 0. The number of nitrogens with zero attached hydrogens (tertiary/aromatic N) is 5. The quantitative estimate of drug-likeness (QED) is 0.484. The lowest BCUT2D eigenvalue weighted by Gasteiger charge is -2.06. The van der Waals surface area contributed by atoms with Gasteiger partial charge in [0, 0.05) is 6.20 Å². The average molecular weight is 391 g/mol. The normalized spacial score (nSPS) is 10.5. The molecule has 0 aliphatic heterocycles. The summed E-state index contributed by atoms with van der Waals surface area (Å²) in [5.41, 5.74) is 1.16. The van der Waals surface area contributed by atoms with Gasteiger partial charge in [-0.2, -0.15) is 4.68 Å². The van der Waals surface area contributed by atoms with E-state index < -0.39 is 5.97 Å². The number of carboxylic acid groups (broad SMARTS) is 1. The minimum Gasteiger partial charge on any atom is -0.478 e. The number of nitrogens with one attached hydrogen (secondary N) is 1. The predicted molar refractivity (Wildman–Crippen MR) is 94.7 cm³/mol. The van der Waals surface area contributed by atoms with E-state index in [1.54, 1.807) is 24.3 Å². The highest BCUT2D eigenvalue weighted by Crippen LogP contribution is 2.21. The Hall–Kier alpha value is -2.98. The van der Waals surface area contributed by atoms with Gasteiger partial charge >= 0.3 is 5.97 Å². The van der Waals surface area contributed by atoms with Crippen LogP contribution in [0.25, 0.3) is 5.69 Å². The molecule has 3 rings (SSSR count). The Morgan fingerprint density at radius 2 is 2.00 bits per heavy atom. The molecule has 0 aliphatic rings. The molecule has 1 amide bonds. The molecule has 1 aromatic carbocycles. The van der Waals surface area contributed by atoms with Gasteiger partial charge in [-0.05, 0) is 46.8 Å². The average Bonchev–Trinajstić information content (AvgIpc) is 3.10. The van der Waals surface area contributed by atoms with Gasteiger partial charge in [0.2, 0.25) is 11.1 Å². The second-order valence-electron chi connectivity index (χ2n) is 4.90. The van der Waals surface area contributed by atoms with Crippen molar-refractivity contribution < 1.29 is 14.7 Å². The molecule has 11 heteroatoms. The predicted octanol–water partition coefficient (Wildman–Crippen LogP) is 2.14. The first-order valence-electron chi connectivity index (χ1n) is 7.20. The highest BCUT2D eigenvalue weighted by Gasteiger charge is 2.13. The molecule has 0 unspecified atom stereocenters. The summed E-state index contributed by atoms with van der Waals surface area (Å²) >= 11 is 7.02. The lowest BCUT2D eigenvalue weighted by Crippen LogP contribution is -2.15. The highest BCUT2D eigenvalue weighted by atomic mass is 35.5. The maximum Gasteiger partial charge on any atom is 0.335 e. The van der Waals surface area contributed by atoms with Gasteiger partial charge in [0.1, 0.15) is 0 Å². The van der Waals surface area contributed by atoms with E-state index in [9.17, 15) is 9.59 Å². The number of aromatic nitrogens is 5. The first kappa shape index (κ1) is 17.8. The van der Waals surface area contributed by atoms with E-state index in [0.717, 1.165) is 11.8 Å². The van der Waals surface area contributed by atoms with Crippen molar-refractivity contribution in [2.75, 3.05) is 11.1 Å². The van der Waals surface area contributed by atoms with E-state index in [2.05, 4.69) is 25.8 Å². The molecule has 0 bridgehead atoms. The van der Waals surface area contributed by atoms with Crippen molar-refractivity contribution in [2.45, 2.75) is 5.16 Å². The number of pyridine rings is 1. The summed E-state index contributed by atoms with van der Waals surface area (Å²) in [5.74, 6) is -1.26.